The molecule has 1 heterocycles. The zero-order chi connectivity index (χ0) is 26.3. The molecular weight excluding hydrogens is 482 g/mol. The summed E-state index contributed by atoms with van der Waals surface area (Å²) in [6, 6.07) is 40.5. The number of para-hydroxylation sites is 1. The Morgan fingerprint density at radius 2 is 1.03 bits per heavy atom. The van der Waals surface area contributed by atoms with Crippen LogP contribution in [0.1, 0.15) is 11.1 Å². The van der Waals surface area contributed by atoms with Crippen LogP contribution in [0.25, 0.3) is 21.5 Å². The Labute approximate surface area is 226 Å². The van der Waals surface area contributed by atoms with E-state index in [1.165, 1.54) is 10.8 Å². The molecule has 6 rings (SSSR count). The summed E-state index contributed by atoms with van der Waals surface area (Å²) >= 11 is 0. The minimum absolute atomic E-state index is 0.330. The number of fused-ring (bicyclic) bond motifs is 2. The first kappa shape index (κ1) is 23.8. The Morgan fingerprint density at radius 1 is 0.487 bits per heavy atom. The van der Waals surface area contributed by atoms with Crippen molar-refractivity contribution in [2.24, 2.45) is 10.2 Å². The summed E-state index contributed by atoms with van der Waals surface area (Å²) in [4.78, 5) is 9.11. The molecule has 0 aliphatic heterocycles. The van der Waals surface area contributed by atoms with Crippen molar-refractivity contribution in [2.45, 2.75) is 0 Å². The Kier molecular flexibility index (Phi) is 6.86. The van der Waals surface area contributed by atoms with E-state index in [9.17, 15) is 0 Å². The first-order valence-corrected chi connectivity index (χ1v) is 12.6. The van der Waals surface area contributed by atoms with Gasteiger partial charge in [0.1, 0.15) is 5.82 Å². The second-order valence-corrected chi connectivity index (χ2v) is 8.91. The van der Waals surface area contributed by atoms with E-state index >= 15 is 0 Å². The van der Waals surface area contributed by atoms with Gasteiger partial charge in [-0.3, -0.25) is 5.43 Å². The maximum Gasteiger partial charge on any atom is 0.247 e. The van der Waals surface area contributed by atoms with Crippen molar-refractivity contribution in [2.75, 3.05) is 16.2 Å². The number of rotatable bonds is 8. The van der Waals surface area contributed by atoms with Crippen LogP contribution in [0.5, 0.6) is 0 Å². The molecule has 1 aromatic heterocycles. The highest BCUT2D eigenvalue weighted by Crippen LogP contribution is 2.20. The van der Waals surface area contributed by atoms with Crippen LogP contribution in [-0.2, 0) is 0 Å². The predicted octanol–water partition coefficient (Wildman–Crippen LogP) is 7.42. The predicted molar refractivity (Wildman–Crippen MR) is 162 cm³/mol. The Hall–Kier alpha value is -5.56. The van der Waals surface area contributed by atoms with Gasteiger partial charge in [0.15, 0.2) is 5.82 Å². The van der Waals surface area contributed by atoms with Crippen molar-refractivity contribution in [3.8, 4) is 0 Å². The fraction of sp³-hybridized carbons (Fsp3) is 0. The first-order chi connectivity index (χ1) is 19.3. The quantitative estimate of drug-likeness (QED) is 0.147. The normalized spacial score (nSPS) is 11.4. The zero-order valence-corrected chi connectivity index (χ0v) is 21.0. The summed E-state index contributed by atoms with van der Waals surface area (Å²) in [5, 5.41) is 16.8. The van der Waals surface area contributed by atoms with Crippen LogP contribution in [-0.4, -0.2) is 22.4 Å². The summed E-state index contributed by atoms with van der Waals surface area (Å²) in [5.41, 5.74) is 8.84. The number of aromatic nitrogens is 2. The molecule has 7 heteroatoms. The summed E-state index contributed by atoms with van der Waals surface area (Å²) in [7, 11) is 0. The van der Waals surface area contributed by atoms with Gasteiger partial charge >= 0.3 is 0 Å². The van der Waals surface area contributed by atoms with E-state index in [0.29, 0.717) is 17.6 Å². The molecule has 0 atom stereocenters. The highest BCUT2D eigenvalue weighted by Gasteiger charge is 2.05. The third kappa shape index (κ3) is 6.06. The zero-order valence-electron chi connectivity index (χ0n) is 21.0. The van der Waals surface area contributed by atoms with Crippen molar-refractivity contribution >= 4 is 57.2 Å². The highest BCUT2D eigenvalue weighted by molar-refractivity contribution is 5.91. The monoisotopic (exact) mass is 507 g/mol. The standard InChI is InChI=1S/C32H25N7/c1-2-12-29(13-3-1)35-30-20-31(38-33-21-23-14-16-25-8-4-6-10-27(25)18-23)37-32(36-30)39-34-22-24-15-17-26-9-5-7-11-28(26)19-24/h1-22H,(H3,35,36,37,38,39). The molecule has 188 valence electrons. The van der Waals surface area contributed by atoms with Gasteiger partial charge in [0.2, 0.25) is 5.95 Å². The number of nitrogens with zero attached hydrogens (tertiary/aromatic N) is 4. The average Bonchev–Trinajstić information content (AvgIpc) is 2.97. The molecule has 7 nitrogen and oxygen atoms in total. The number of nitrogens with one attached hydrogen (secondary N) is 3. The van der Waals surface area contributed by atoms with Gasteiger partial charge < -0.3 is 5.32 Å². The Morgan fingerprint density at radius 3 is 1.67 bits per heavy atom. The third-order valence-corrected chi connectivity index (χ3v) is 6.09. The van der Waals surface area contributed by atoms with Crippen molar-refractivity contribution in [3.63, 3.8) is 0 Å². The SMILES string of the molecule is C(=NNc1cc(Nc2ccccc2)nc(NN=Cc2ccc3ccccc3c2)n1)c1ccc2ccccc2c1. The lowest BCUT2D eigenvalue weighted by molar-refractivity contribution is 1.10. The first-order valence-electron chi connectivity index (χ1n) is 12.6. The molecule has 0 saturated carbocycles. The number of hydrogen-bond donors (Lipinski definition) is 3. The van der Waals surface area contributed by atoms with E-state index in [2.05, 4.69) is 84.9 Å². The van der Waals surface area contributed by atoms with Crippen molar-refractivity contribution in [1.29, 1.82) is 0 Å². The molecule has 0 spiro atoms. The smallest absolute Gasteiger partial charge is 0.247 e. The fourth-order valence-corrected chi connectivity index (χ4v) is 4.20. The lowest BCUT2D eigenvalue weighted by Crippen LogP contribution is -2.04. The molecule has 3 N–H and O–H groups in total. The lowest BCUT2D eigenvalue weighted by Gasteiger charge is -2.09. The van der Waals surface area contributed by atoms with Crippen molar-refractivity contribution in [3.05, 3.63) is 132 Å². The third-order valence-electron chi connectivity index (χ3n) is 6.09. The molecule has 5 aromatic carbocycles. The van der Waals surface area contributed by atoms with Crippen LogP contribution in [0, 0.1) is 0 Å². The topological polar surface area (TPSA) is 86.6 Å². The highest BCUT2D eigenvalue weighted by atomic mass is 15.4. The second kappa shape index (κ2) is 11.2. The summed E-state index contributed by atoms with van der Waals surface area (Å²) in [5.74, 6) is 1.45. The summed E-state index contributed by atoms with van der Waals surface area (Å²) < 4.78 is 0. The fourth-order valence-electron chi connectivity index (χ4n) is 4.20. The van der Waals surface area contributed by atoms with E-state index in [4.69, 9.17) is 0 Å². The van der Waals surface area contributed by atoms with Crippen LogP contribution >= 0.6 is 0 Å². The molecule has 0 aliphatic carbocycles. The van der Waals surface area contributed by atoms with Crippen LogP contribution in [0.2, 0.25) is 0 Å². The van der Waals surface area contributed by atoms with Gasteiger partial charge in [0.05, 0.1) is 12.4 Å². The van der Waals surface area contributed by atoms with Crippen molar-refractivity contribution in [1.82, 2.24) is 9.97 Å². The Balaban J connectivity index is 1.21. The van der Waals surface area contributed by atoms with Crippen LogP contribution in [0.15, 0.2) is 132 Å². The number of benzene rings is 5. The maximum absolute atomic E-state index is 4.57. The van der Waals surface area contributed by atoms with Gasteiger partial charge in [0, 0.05) is 11.8 Å². The van der Waals surface area contributed by atoms with Gasteiger partial charge in [-0.1, -0.05) is 91.0 Å². The lowest BCUT2D eigenvalue weighted by atomic mass is 10.1. The molecule has 39 heavy (non-hydrogen) atoms. The largest absolute Gasteiger partial charge is 0.340 e. The van der Waals surface area contributed by atoms with Crippen molar-refractivity contribution < 1.29 is 0 Å². The maximum atomic E-state index is 4.57. The van der Waals surface area contributed by atoms with Gasteiger partial charge in [-0.2, -0.15) is 20.2 Å². The molecular formula is C32H25N7. The molecule has 0 bridgehead atoms. The number of hydrazone groups is 2. The second-order valence-electron chi connectivity index (χ2n) is 8.91. The minimum atomic E-state index is 0.330. The van der Waals surface area contributed by atoms with Crippen LogP contribution in [0.3, 0.4) is 0 Å². The molecule has 0 amide bonds. The molecule has 0 saturated heterocycles. The minimum Gasteiger partial charge on any atom is -0.340 e. The molecule has 0 fully saturated rings. The van der Waals surface area contributed by atoms with Gasteiger partial charge in [-0.25, -0.2) is 5.43 Å². The number of hydrogen-bond acceptors (Lipinski definition) is 7. The summed E-state index contributed by atoms with van der Waals surface area (Å²) in [6.07, 6.45) is 3.52. The summed E-state index contributed by atoms with van der Waals surface area (Å²) in [6.45, 7) is 0. The molecule has 0 radical (unpaired) electrons. The molecule has 6 aromatic rings. The van der Waals surface area contributed by atoms with Crippen LogP contribution < -0.4 is 16.2 Å². The van der Waals surface area contributed by atoms with Gasteiger partial charge in [0.25, 0.3) is 0 Å². The van der Waals surface area contributed by atoms with Gasteiger partial charge in [-0.05, 0) is 56.9 Å². The Bertz CT molecular complexity index is 1690. The van der Waals surface area contributed by atoms with Gasteiger partial charge in [-0.15, -0.1) is 0 Å². The molecule has 0 unspecified atom stereocenters. The van der Waals surface area contributed by atoms with E-state index in [0.717, 1.165) is 27.6 Å². The van der Waals surface area contributed by atoms with Crippen LogP contribution in [0.4, 0.5) is 23.3 Å². The average molecular weight is 508 g/mol. The molecule has 0 aliphatic rings. The van der Waals surface area contributed by atoms with E-state index in [-0.39, 0.29) is 0 Å². The van der Waals surface area contributed by atoms with E-state index < -0.39 is 0 Å². The van der Waals surface area contributed by atoms with E-state index in [1.807, 2.05) is 66.7 Å². The number of anilines is 4. The van der Waals surface area contributed by atoms with E-state index in [1.54, 1.807) is 18.5 Å².